The minimum absolute atomic E-state index is 0.0382. The predicted molar refractivity (Wildman–Crippen MR) is 207 cm³/mol. The lowest BCUT2D eigenvalue weighted by atomic mass is 9.54. The Morgan fingerprint density at radius 2 is 1.92 bits per heavy atom. The zero-order chi connectivity index (χ0) is 37.2. The van der Waals surface area contributed by atoms with Gasteiger partial charge in [0.1, 0.15) is 5.75 Å². The fraction of sp³-hybridized carbons (Fsp3) is 0.634. The third-order valence-corrected chi connectivity index (χ3v) is 15.9. The van der Waals surface area contributed by atoms with E-state index in [1.54, 1.807) is 19.1 Å². The van der Waals surface area contributed by atoms with E-state index in [1.165, 1.54) is 11.1 Å². The van der Waals surface area contributed by atoms with Crippen LogP contribution in [-0.2, 0) is 26.6 Å². The fourth-order valence-corrected chi connectivity index (χ4v) is 11.8. The van der Waals surface area contributed by atoms with Gasteiger partial charge in [-0.05, 0) is 104 Å². The summed E-state index contributed by atoms with van der Waals surface area (Å²) in [5.74, 6) is -0.294. The number of nitrogens with one attached hydrogen (secondary N) is 1. The van der Waals surface area contributed by atoms with Crippen LogP contribution in [0.3, 0.4) is 0 Å². The quantitative estimate of drug-likeness (QED) is 0.408. The van der Waals surface area contributed by atoms with Crippen LogP contribution >= 0.6 is 11.6 Å². The van der Waals surface area contributed by atoms with Crippen molar-refractivity contribution in [2.24, 2.45) is 17.3 Å². The lowest BCUT2D eigenvalue weighted by molar-refractivity contribution is -0.118. The Kier molecular flexibility index (Phi) is 9.93. The number of β-amino-alcohol motifs (C(OH)–C–C–N with tert-alkyl or cyclic N) is 1. The van der Waals surface area contributed by atoms with Crippen LogP contribution in [0.15, 0.2) is 48.6 Å². The molecule has 2 aromatic rings. The lowest BCUT2D eigenvalue weighted by Gasteiger charge is -2.57. The molecule has 4 aliphatic heterocycles. The third-order valence-electron chi connectivity index (χ3n) is 13.7. The number of piperazine rings is 1. The molecule has 8 rings (SSSR count). The molecular weight excluding hydrogens is 712 g/mol. The van der Waals surface area contributed by atoms with Gasteiger partial charge in [0.25, 0.3) is 5.91 Å². The van der Waals surface area contributed by atoms with E-state index in [2.05, 4.69) is 38.5 Å². The number of ether oxygens (including phenoxy) is 2. The molecule has 2 bridgehead atoms. The monoisotopic (exact) mass is 766 g/mol. The smallest absolute Gasteiger partial charge is 0.264 e. The van der Waals surface area contributed by atoms with Gasteiger partial charge in [0.05, 0.1) is 36.4 Å². The molecule has 2 aliphatic carbocycles. The predicted octanol–water partition coefficient (Wildman–Crippen LogP) is 5.02. The molecule has 1 saturated carbocycles. The Labute approximate surface area is 319 Å². The standard InChI is InChI=1S/C41H55ClN4O6S/c1-28-6-4-14-41(48,26-44-16-17-45-18-19-51-23-33(45)22-44)37-12-15-39(37,3)24-46-25-40(13-5-7-30-20-32(42)9-10-34(30)40)27-52-36-11-8-31(21-35(36)46)38(47)43-53(49,50)29(28)2/h4,8-11,14,20-21,28-29,33,37,48H,5-7,12-13,15-19,22-27H2,1-3H3,(H,43,47)/b14-4+/t28-,29+,33-,37+,39?,40-,41+/m0/s1. The first-order valence-electron chi connectivity index (χ1n) is 19.6. The molecule has 6 aliphatic rings. The molecule has 1 unspecified atom stereocenters. The molecule has 2 aromatic carbocycles. The van der Waals surface area contributed by atoms with Crippen LogP contribution in [0.25, 0.3) is 0 Å². The number of hydrogen-bond donors (Lipinski definition) is 2. The molecule has 3 fully saturated rings. The molecule has 0 radical (unpaired) electrons. The Morgan fingerprint density at radius 3 is 2.74 bits per heavy atom. The number of allylic oxidation sites excluding steroid dienone is 1. The number of nitrogens with zero attached hydrogens (tertiary/aromatic N) is 3. The number of rotatable bonds is 2. The van der Waals surface area contributed by atoms with Gasteiger partial charge in [-0.1, -0.05) is 43.7 Å². The van der Waals surface area contributed by atoms with E-state index >= 15 is 0 Å². The minimum Gasteiger partial charge on any atom is -0.490 e. The van der Waals surface area contributed by atoms with Crippen LogP contribution in [0.1, 0.15) is 74.4 Å². The summed E-state index contributed by atoms with van der Waals surface area (Å²) in [6.07, 6.45) is 9.18. The van der Waals surface area contributed by atoms with E-state index in [0.717, 1.165) is 75.6 Å². The SMILES string of the molecule is C[C@@H]1[C@@H](C)C/C=C/[C@@](O)(CN2CCN3CCOC[C@@H]3C2)[C@@H]2CCC2(C)CN2C[C@@]3(CCCc4cc(Cl)ccc43)COc3ccc(cc32)C(=O)NS1(=O)=O. The molecule has 53 heavy (non-hydrogen) atoms. The average Bonchev–Trinajstić information content (AvgIpc) is 3.26. The molecule has 7 atom stereocenters. The number of hydrogen-bond acceptors (Lipinski definition) is 9. The van der Waals surface area contributed by atoms with Crippen LogP contribution in [0, 0.1) is 17.3 Å². The van der Waals surface area contributed by atoms with Gasteiger partial charge in [-0.3, -0.25) is 14.6 Å². The molecule has 12 heteroatoms. The summed E-state index contributed by atoms with van der Waals surface area (Å²) in [6, 6.07) is 11.8. The van der Waals surface area contributed by atoms with Crippen LogP contribution in [0.2, 0.25) is 5.02 Å². The zero-order valence-corrected chi connectivity index (χ0v) is 32.9. The number of anilines is 1. The maximum absolute atomic E-state index is 13.7. The van der Waals surface area contributed by atoms with Gasteiger partial charge in [0, 0.05) is 67.9 Å². The van der Waals surface area contributed by atoms with Crippen molar-refractivity contribution in [1.29, 1.82) is 0 Å². The number of sulfonamides is 1. The Morgan fingerprint density at radius 1 is 1.08 bits per heavy atom. The van der Waals surface area contributed by atoms with E-state index in [0.29, 0.717) is 51.1 Å². The van der Waals surface area contributed by atoms with Crippen molar-refractivity contribution in [2.75, 3.05) is 70.5 Å². The summed E-state index contributed by atoms with van der Waals surface area (Å²) >= 11 is 6.50. The van der Waals surface area contributed by atoms with Gasteiger partial charge in [-0.2, -0.15) is 0 Å². The number of benzene rings is 2. The number of carbonyl (C=O) groups is 1. The second-order valence-electron chi connectivity index (χ2n) is 17.3. The summed E-state index contributed by atoms with van der Waals surface area (Å²) in [5, 5.41) is 12.9. The van der Waals surface area contributed by atoms with Crippen molar-refractivity contribution in [1.82, 2.24) is 14.5 Å². The highest BCUT2D eigenvalue weighted by Gasteiger charge is 2.55. The van der Waals surface area contributed by atoms with E-state index in [-0.39, 0.29) is 28.2 Å². The fourth-order valence-electron chi connectivity index (χ4n) is 10.4. The summed E-state index contributed by atoms with van der Waals surface area (Å²) in [6.45, 7) is 13.3. The summed E-state index contributed by atoms with van der Waals surface area (Å²) in [7, 11) is -3.99. The van der Waals surface area contributed by atoms with Crippen molar-refractivity contribution >= 4 is 33.2 Å². The van der Waals surface area contributed by atoms with E-state index in [1.807, 2.05) is 31.2 Å². The first-order chi connectivity index (χ1) is 25.3. The van der Waals surface area contributed by atoms with Gasteiger partial charge < -0.3 is 19.5 Å². The van der Waals surface area contributed by atoms with E-state index < -0.39 is 26.8 Å². The van der Waals surface area contributed by atoms with Crippen molar-refractivity contribution in [3.8, 4) is 5.75 Å². The molecular formula is C41H55ClN4O6S. The normalized spacial score (nSPS) is 36.8. The molecule has 1 spiro atoms. The van der Waals surface area contributed by atoms with Crippen molar-refractivity contribution in [3.63, 3.8) is 0 Å². The lowest BCUT2D eigenvalue weighted by Crippen LogP contribution is -2.64. The average molecular weight is 767 g/mol. The van der Waals surface area contributed by atoms with Gasteiger partial charge in [0.2, 0.25) is 10.0 Å². The number of aryl methyl sites for hydroxylation is 1. The number of fused-ring (bicyclic) bond motifs is 5. The zero-order valence-electron chi connectivity index (χ0n) is 31.4. The second-order valence-corrected chi connectivity index (χ2v) is 19.8. The minimum atomic E-state index is -3.99. The molecule has 0 aromatic heterocycles. The maximum atomic E-state index is 13.7. The maximum Gasteiger partial charge on any atom is 0.264 e. The Balaban J connectivity index is 1.20. The van der Waals surface area contributed by atoms with Crippen LogP contribution in [0.5, 0.6) is 5.75 Å². The first-order valence-corrected chi connectivity index (χ1v) is 21.5. The van der Waals surface area contributed by atoms with E-state index in [9.17, 15) is 18.3 Å². The topological polar surface area (TPSA) is 112 Å². The number of aliphatic hydroxyl groups is 1. The molecule has 1 amide bonds. The number of amides is 1. The van der Waals surface area contributed by atoms with Gasteiger partial charge in [-0.25, -0.2) is 13.1 Å². The molecule has 288 valence electrons. The van der Waals surface area contributed by atoms with Crippen LogP contribution in [-0.4, -0.2) is 112 Å². The Hall–Kier alpha value is -2.67. The van der Waals surface area contributed by atoms with Crippen LogP contribution < -0.4 is 14.4 Å². The largest absolute Gasteiger partial charge is 0.490 e. The first kappa shape index (κ1) is 37.3. The molecule has 2 N–H and O–H groups in total. The number of halogens is 1. The Bertz CT molecular complexity index is 1880. The molecule has 10 nitrogen and oxygen atoms in total. The van der Waals surface area contributed by atoms with Crippen molar-refractivity contribution in [3.05, 3.63) is 70.3 Å². The number of carbonyl (C=O) groups excluding carboxylic acids is 1. The molecule has 2 saturated heterocycles. The third kappa shape index (κ3) is 7.04. The highest BCUT2D eigenvalue weighted by atomic mass is 35.5. The van der Waals surface area contributed by atoms with Crippen molar-refractivity contribution in [2.45, 2.75) is 81.6 Å². The molecule has 4 heterocycles. The summed E-state index contributed by atoms with van der Waals surface area (Å²) in [5.41, 5.74) is 1.85. The highest BCUT2D eigenvalue weighted by Crippen LogP contribution is 2.55. The van der Waals surface area contributed by atoms with Crippen molar-refractivity contribution < 1.29 is 27.8 Å². The van der Waals surface area contributed by atoms with Gasteiger partial charge in [-0.15, -0.1) is 0 Å². The second kappa shape index (κ2) is 14.1. The summed E-state index contributed by atoms with van der Waals surface area (Å²) < 4.78 is 42.1. The number of morpholine rings is 1. The summed E-state index contributed by atoms with van der Waals surface area (Å²) in [4.78, 5) is 21.0. The van der Waals surface area contributed by atoms with E-state index in [4.69, 9.17) is 21.1 Å². The van der Waals surface area contributed by atoms with Gasteiger partial charge >= 0.3 is 0 Å². The highest BCUT2D eigenvalue weighted by molar-refractivity contribution is 7.90. The van der Waals surface area contributed by atoms with Crippen LogP contribution in [0.4, 0.5) is 5.69 Å². The van der Waals surface area contributed by atoms with Gasteiger partial charge in [0.15, 0.2) is 0 Å².